The van der Waals surface area contributed by atoms with Gasteiger partial charge in [-0.25, -0.2) is 4.79 Å². The molecule has 0 unspecified atom stereocenters. The number of carbonyl (C=O) groups is 1. The van der Waals surface area contributed by atoms with Crippen LogP contribution in [-0.2, 0) is 9.53 Å². The summed E-state index contributed by atoms with van der Waals surface area (Å²) in [7, 11) is 0. The van der Waals surface area contributed by atoms with Crippen LogP contribution in [0.1, 0.15) is 20.8 Å². The number of hydrogen-bond acceptors (Lipinski definition) is 4. The van der Waals surface area contributed by atoms with Gasteiger partial charge in [-0.3, -0.25) is 0 Å². The fraction of sp³-hybridized carbons (Fsp3) is 0.625. The van der Waals surface area contributed by atoms with Crippen LogP contribution in [0.5, 0.6) is 0 Å². The lowest BCUT2D eigenvalue weighted by molar-refractivity contribution is -0.138. The summed E-state index contributed by atoms with van der Waals surface area (Å²) in [5, 5.41) is 17.8. The zero-order chi connectivity index (χ0) is 10.4. The van der Waals surface area contributed by atoms with Gasteiger partial charge in [0.2, 0.25) is 5.39 Å². The molecule has 0 heterocycles. The molecule has 0 saturated carbocycles. The van der Waals surface area contributed by atoms with Gasteiger partial charge in [-0.2, -0.15) is 0 Å². The van der Waals surface area contributed by atoms with Crippen LogP contribution in [0.2, 0.25) is 0 Å². The Hall–Kier alpha value is -1.57. The van der Waals surface area contributed by atoms with Crippen molar-refractivity contribution in [3.63, 3.8) is 0 Å². The largest absolute Gasteiger partial charge is 0.505 e. The van der Waals surface area contributed by atoms with Crippen LogP contribution >= 0.6 is 0 Å². The van der Waals surface area contributed by atoms with Gasteiger partial charge in [0.1, 0.15) is 0 Å². The van der Waals surface area contributed by atoms with Crippen molar-refractivity contribution in [3.05, 3.63) is 16.4 Å². The number of nitrogens with zero attached hydrogens (tertiary/aromatic N) is 2. The molecule has 0 bridgehead atoms. The highest BCUT2D eigenvalue weighted by Gasteiger charge is 2.31. The highest BCUT2D eigenvalue weighted by molar-refractivity contribution is 5.90. The summed E-state index contributed by atoms with van der Waals surface area (Å²) in [5.74, 6) is -1.38. The lowest BCUT2D eigenvalue weighted by Crippen LogP contribution is -2.10. The summed E-state index contributed by atoms with van der Waals surface area (Å²) in [4.78, 5) is 13.7. The zero-order valence-corrected chi connectivity index (χ0v) is 7.94. The Balaban J connectivity index is 4.80. The van der Waals surface area contributed by atoms with Gasteiger partial charge in [0.15, 0.2) is 10.7 Å². The van der Waals surface area contributed by atoms with Gasteiger partial charge in [0.25, 0.3) is 0 Å². The average Bonchev–Trinajstić information content (AvgIpc) is 2.05. The Kier molecular flexibility index (Phi) is 4.52. The molecule has 0 aromatic heterocycles. The van der Waals surface area contributed by atoms with Gasteiger partial charge in [-0.1, -0.05) is 13.8 Å². The van der Waals surface area contributed by atoms with Crippen molar-refractivity contribution < 1.29 is 14.6 Å². The number of aliphatic hydroxyl groups is 1. The molecule has 0 spiro atoms. The molecule has 0 aliphatic carbocycles. The molecule has 0 aliphatic rings. The lowest BCUT2D eigenvalue weighted by atomic mass is 10.1. The number of allylic oxidation sites excluding steroid dienone is 1. The van der Waals surface area contributed by atoms with E-state index < -0.39 is 11.7 Å². The second kappa shape index (κ2) is 5.14. The Bertz CT molecular complexity index is 263. The summed E-state index contributed by atoms with van der Waals surface area (Å²) in [6.45, 7) is 5.13. The second-order valence-corrected chi connectivity index (χ2v) is 2.71. The fourth-order valence-electron chi connectivity index (χ4n) is 0.670. The Labute approximate surface area is 76.6 Å². The smallest absolute Gasteiger partial charge is 0.505 e. The maximum absolute atomic E-state index is 11.0. The summed E-state index contributed by atoms with van der Waals surface area (Å²) in [6, 6.07) is 0. The van der Waals surface area contributed by atoms with Crippen LogP contribution in [-0.4, -0.2) is 17.7 Å². The Morgan fingerprint density at radius 1 is 1.62 bits per heavy atom. The van der Waals surface area contributed by atoms with Crippen molar-refractivity contribution in [3.8, 4) is 0 Å². The molecule has 0 aliphatic heterocycles. The van der Waals surface area contributed by atoms with Crippen LogP contribution < -0.4 is 0 Å². The average molecular weight is 185 g/mol. The third kappa shape index (κ3) is 3.11. The van der Waals surface area contributed by atoms with Gasteiger partial charge in [-0.15, -0.1) is 0 Å². The minimum Gasteiger partial charge on any atom is -0.505 e. The monoisotopic (exact) mass is 185 g/mol. The van der Waals surface area contributed by atoms with Gasteiger partial charge < -0.3 is 9.84 Å². The molecule has 5 heteroatoms. The Morgan fingerprint density at radius 2 is 2.15 bits per heavy atom. The summed E-state index contributed by atoms with van der Waals surface area (Å²) in [6.07, 6.45) is 0. The van der Waals surface area contributed by atoms with Crippen LogP contribution in [0.25, 0.3) is 4.98 Å². The Morgan fingerprint density at radius 3 is 2.46 bits per heavy atom. The van der Waals surface area contributed by atoms with E-state index in [9.17, 15) is 9.90 Å². The number of diazo groups is 1. The molecule has 0 saturated heterocycles. The van der Waals surface area contributed by atoms with Crippen molar-refractivity contribution in [2.24, 2.45) is 5.92 Å². The normalized spacial score (nSPS) is 11.9. The first-order valence-electron chi connectivity index (χ1n) is 3.99. The van der Waals surface area contributed by atoms with E-state index in [-0.39, 0.29) is 18.3 Å². The summed E-state index contributed by atoms with van der Waals surface area (Å²) in [5.41, 5.74) is -0.433. The van der Waals surface area contributed by atoms with Crippen molar-refractivity contribution in [1.82, 2.24) is 0 Å². The number of rotatable bonds is 3. The first-order valence-corrected chi connectivity index (χ1v) is 3.99. The van der Waals surface area contributed by atoms with Gasteiger partial charge >= 0.3 is 11.7 Å². The fourth-order valence-corrected chi connectivity index (χ4v) is 0.670. The molecule has 13 heavy (non-hydrogen) atoms. The van der Waals surface area contributed by atoms with Crippen molar-refractivity contribution >= 4 is 5.97 Å². The van der Waals surface area contributed by atoms with Crippen LogP contribution in [0.3, 0.4) is 0 Å². The van der Waals surface area contributed by atoms with Gasteiger partial charge in [-0.05, 0) is 6.92 Å². The summed E-state index contributed by atoms with van der Waals surface area (Å²) >= 11 is 0. The van der Waals surface area contributed by atoms with E-state index in [2.05, 4.69) is 9.71 Å². The molecule has 0 fully saturated rings. The van der Waals surface area contributed by atoms with E-state index in [1.165, 1.54) is 0 Å². The van der Waals surface area contributed by atoms with E-state index in [0.717, 1.165) is 0 Å². The quantitative estimate of drug-likeness (QED) is 0.315. The highest BCUT2D eigenvalue weighted by Crippen LogP contribution is 2.14. The second-order valence-electron chi connectivity index (χ2n) is 2.71. The molecule has 0 aromatic carbocycles. The van der Waals surface area contributed by atoms with Crippen molar-refractivity contribution in [2.75, 3.05) is 6.61 Å². The van der Waals surface area contributed by atoms with Crippen LogP contribution in [0.15, 0.2) is 11.5 Å². The molecule has 0 rings (SSSR count). The molecular formula is C8H13N2O3+. The minimum atomic E-state index is -0.823. The standard InChI is InChI=1S/C8H12N2O3/c1-4-13-8(12)6(10-9)7(11)5(2)3/h5H,4H2,1-3H3/p+1. The van der Waals surface area contributed by atoms with Crippen molar-refractivity contribution in [1.29, 1.82) is 5.39 Å². The molecule has 0 radical (unpaired) electrons. The third-order valence-corrected chi connectivity index (χ3v) is 1.36. The van der Waals surface area contributed by atoms with Crippen LogP contribution in [0.4, 0.5) is 0 Å². The molecular weight excluding hydrogens is 172 g/mol. The van der Waals surface area contributed by atoms with E-state index in [1.807, 2.05) is 0 Å². The lowest BCUT2D eigenvalue weighted by Gasteiger charge is -1.99. The molecule has 5 nitrogen and oxygen atoms in total. The third-order valence-electron chi connectivity index (χ3n) is 1.36. The van der Waals surface area contributed by atoms with Crippen molar-refractivity contribution in [2.45, 2.75) is 20.8 Å². The predicted molar refractivity (Wildman–Crippen MR) is 46.2 cm³/mol. The van der Waals surface area contributed by atoms with Gasteiger partial charge in [0, 0.05) is 5.92 Å². The van der Waals surface area contributed by atoms with E-state index in [4.69, 9.17) is 5.39 Å². The van der Waals surface area contributed by atoms with E-state index >= 15 is 0 Å². The number of carbonyl (C=O) groups excluding carboxylic acids is 1. The summed E-state index contributed by atoms with van der Waals surface area (Å²) < 4.78 is 4.56. The molecule has 72 valence electrons. The maximum Gasteiger partial charge on any atom is 0.505 e. The molecule has 0 amide bonds. The topological polar surface area (TPSA) is 74.7 Å². The minimum absolute atomic E-state index is 0.170. The zero-order valence-electron chi connectivity index (χ0n) is 7.94. The molecule has 0 aromatic rings. The number of ether oxygens (including phenoxy) is 1. The number of hydrogen-bond donors (Lipinski definition) is 1. The molecule has 1 N–H and O–H groups in total. The SMILES string of the molecule is CCOC(=O)/C([N+]#N)=C(\O)C(C)C. The maximum atomic E-state index is 11.0. The highest BCUT2D eigenvalue weighted by atomic mass is 16.5. The van der Waals surface area contributed by atoms with Gasteiger partial charge in [0.05, 0.1) is 6.61 Å². The number of aliphatic hydroxyl groups excluding tert-OH is 1. The van der Waals surface area contributed by atoms with Crippen LogP contribution in [0, 0.1) is 11.3 Å². The number of esters is 1. The van der Waals surface area contributed by atoms with E-state index in [0.29, 0.717) is 0 Å². The van der Waals surface area contributed by atoms with E-state index in [1.54, 1.807) is 20.8 Å². The first kappa shape index (κ1) is 11.4. The first-order chi connectivity index (χ1) is 6.04. The molecule has 0 atom stereocenters. The predicted octanol–water partition coefficient (Wildman–Crippen LogP) is 1.83.